The van der Waals surface area contributed by atoms with E-state index in [2.05, 4.69) is 13.0 Å². The topological polar surface area (TPSA) is 0 Å². The number of allylic oxidation sites excluding steroid dienone is 2. The van der Waals surface area contributed by atoms with Gasteiger partial charge in [0.25, 0.3) is 0 Å². The summed E-state index contributed by atoms with van der Waals surface area (Å²) in [5.41, 5.74) is 1.71. The summed E-state index contributed by atoms with van der Waals surface area (Å²) in [7, 11) is 0. The normalized spacial score (nSPS) is 14.9. The summed E-state index contributed by atoms with van der Waals surface area (Å²) in [5.74, 6) is 0. The van der Waals surface area contributed by atoms with Gasteiger partial charge in [0.05, 0.1) is 0 Å². The fourth-order valence-electron chi connectivity index (χ4n) is 1.51. The van der Waals surface area contributed by atoms with Crippen LogP contribution in [0.2, 0.25) is 0 Å². The van der Waals surface area contributed by atoms with Crippen LogP contribution in [-0.4, -0.2) is 0 Å². The fraction of sp³-hybridized carbons (Fsp3) is 0.833. The predicted octanol–water partition coefficient (Wildman–Crippen LogP) is 4.46. The Hall–Kier alpha value is -0.260. The van der Waals surface area contributed by atoms with Crippen molar-refractivity contribution < 1.29 is 0 Å². The lowest BCUT2D eigenvalue weighted by molar-refractivity contribution is 0.611. The van der Waals surface area contributed by atoms with E-state index in [1.165, 1.54) is 57.8 Å². The van der Waals surface area contributed by atoms with Crippen molar-refractivity contribution in [3.63, 3.8) is 0 Å². The Kier molecular flexibility index (Phi) is 5.14. The lowest BCUT2D eigenvalue weighted by Crippen LogP contribution is -1.77. The van der Waals surface area contributed by atoms with E-state index in [0.29, 0.717) is 0 Å². The molecule has 0 aromatic heterocycles. The zero-order chi connectivity index (χ0) is 8.65. The molecule has 12 heavy (non-hydrogen) atoms. The third kappa shape index (κ3) is 5.40. The monoisotopic (exact) mass is 166 g/mol. The lowest BCUT2D eigenvalue weighted by atomic mass is 10.1. The lowest BCUT2D eigenvalue weighted by Gasteiger charge is -1.97. The molecule has 70 valence electrons. The number of hydrogen-bond donors (Lipinski definition) is 0. The summed E-state index contributed by atoms with van der Waals surface area (Å²) in [5, 5.41) is 0. The summed E-state index contributed by atoms with van der Waals surface area (Å²) in [6, 6.07) is 0. The standard InChI is InChI=1S/C12H22/c1-2-3-4-5-6-7-8-9-12-10-11-12/h9H,2-8,10-11H2,1H3. The molecule has 0 heteroatoms. The third-order valence-electron chi connectivity index (χ3n) is 2.53. The quantitative estimate of drug-likeness (QED) is 0.387. The Morgan fingerprint density at radius 1 is 1.00 bits per heavy atom. The summed E-state index contributed by atoms with van der Waals surface area (Å²) in [4.78, 5) is 0. The highest BCUT2D eigenvalue weighted by Gasteiger charge is 2.08. The molecule has 0 atom stereocenters. The third-order valence-corrected chi connectivity index (χ3v) is 2.53. The Morgan fingerprint density at radius 3 is 2.33 bits per heavy atom. The van der Waals surface area contributed by atoms with Crippen LogP contribution < -0.4 is 0 Å². The van der Waals surface area contributed by atoms with E-state index in [-0.39, 0.29) is 0 Å². The molecule has 0 nitrogen and oxygen atoms in total. The first kappa shape index (κ1) is 9.83. The van der Waals surface area contributed by atoms with E-state index < -0.39 is 0 Å². The molecule has 0 unspecified atom stereocenters. The van der Waals surface area contributed by atoms with E-state index in [4.69, 9.17) is 0 Å². The maximum absolute atomic E-state index is 2.46. The molecule has 0 heterocycles. The zero-order valence-corrected chi connectivity index (χ0v) is 8.44. The molecule has 0 aromatic carbocycles. The summed E-state index contributed by atoms with van der Waals surface area (Å²) in [6.07, 6.45) is 15.2. The van der Waals surface area contributed by atoms with Gasteiger partial charge in [-0.15, -0.1) is 0 Å². The van der Waals surface area contributed by atoms with Crippen LogP contribution in [-0.2, 0) is 0 Å². The molecule has 1 fully saturated rings. The minimum atomic E-state index is 1.35. The van der Waals surface area contributed by atoms with Crippen LogP contribution in [0.1, 0.15) is 64.7 Å². The van der Waals surface area contributed by atoms with Crippen molar-refractivity contribution in [2.75, 3.05) is 0 Å². The zero-order valence-electron chi connectivity index (χ0n) is 8.44. The Bertz CT molecular complexity index is 127. The van der Waals surface area contributed by atoms with Crippen molar-refractivity contribution in [2.24, 2.45) is 0 Å². The van der Waals surface area contributed by atoms with Gasteiger partial charge in [0.1, 0.15) is 0 Å². The van der Waals surface area contributed by atoms with Gasteiger partial charge in [0.15, 0.2) is 0 Å². The van der Waals surface area contributed by atoms with Gasteiger partial charge in [0, 0.05) is 0 Å². The van der Waals surface area contributed by atoms with Gasteiger partial charge in [-0.25, -0.2) is 0 Å². The van der Waals surface area contributed by atoms with Crippen LogP contribution in [0.3, 0.4) is 0 Å². The number of hydrogen-bond acceptors (Lipinski definition) is 0. The first-order chi connectivity index (χ1) is 5.93. The van der Waals surface area contributed by atoms with E-state index in [1.54, 1.807) is 5.57 Å². The number of unbranched alkanes of at least 4 members (excludes halogenated alkanes) is 6. The Morgan fingerprint density at radius 2 is 1.67 bits per heavy atom. The van der Waals surface area contributed by atoms with E-state index in [1.807, 2.05) is 0 Å². The van der Waals surface area contributed by atoms with Gasteiger partial charge in [-0.2, -0.15) is 0 Å². The van der Waals surface area contributed by atoms with E-state index >= 15 is 0 Å². The average Bonchev–Trinajstić information content (AvgIpc) is 2.87. The van der Waals surface area contributed by atoms with Crippen molar-refractivity contribution in [2.45, 2.75) is 64.7 Å². The molecular formula is C12H22. The second-order valence-corrected chi connectivity index (χ2v) is 3.92. The molecule has 0 radical (unpaired) electrons. The minimum Gasteiger partial charge on any atom is -0.0853 e. The maximum Gasteiger partial charge on any atom is -0.0283 e. The number of rotatable bonds is 7. The highest BCUT2D eigenvalue weighted by Crippen LogP contribution is 2.28. The summed E-state index contributed by atoms with van der Waals surface area (Å²) in [6.45, 7) is 2.28. The van der Waals surface area contributed by atoms with Crippen LogP contribution in [0.5, 0.6) is 0 Å². The first-order valence-corrected chi connectivity index (χ1v) is 5.61. The largest absolute Gasteiger partial charge is 0.0853 e. The molecule has 1 aliphatic rings. The van der Waals surface area contributed by atoms with Crippen LogP contribution >= 0.6 is 0 Å². The van der Waals surface area contributed by atoms with Crippen molar-refractivity contribution >= 4 is 0 Å². The van der Waals surface area contributed by atoms with Gasteiger partial charge < -0.3 is 0 Å². The molecule has 0 N–H and O–H groups in total. The van der Waals surface area contributed by atoms with Gasteiger partial charge in [0.2, 0.25) is 0 Å². The Balaban J connectivity index is 1.73. The predicted molar refractivity (Wildman–Crippen MR) is 55.3 cm³/mol. The van der Waals surface area contributed by atoms with Crippen molar-refractivity contribution in [3.05, 3.63) is 11.6 Å². The van der Waals surface area contributed by atoms with Gasteiger partial charge in [-0.3, -0.25) is 0 Å². The summed E-state index contributed by atoms with van der Waals surface area (Å²) < 4.78 is 0. The molecule has 1 rings (SSSR count). The molecule has 0 spiro atoms. The molecule has 1 saturated carbocycles. The van der Waals surface area contributed by atoms with E-state index in [9.17, 15) is 0 Å². The molecule has 0 bridgehead atoms. The molecule has 1 aliphatic carbocycles. The van der Waals surface area contributed by atoms with E-state index in [0.717, 1.165) is 0 Å². The van der Waals surface area contributed by atoms with Crippen LogP contribution in [0.25, 0.3) is 0 Å². The fourth-order valence-corrected chi connectivity index (χ4v) is 1.51. The van der Waals surface area contributed by atoms with Crippen LogP contribution in [0, 0.1) is 0 Å². The molecular weight excluding hydrogens is 144 g/mol. The first-order valence-electron chi connectivity index (χ1n) is 5.61. The SMILES string of the molecule is CCCCCCCCC=C1CC1. The molecule has 0 amide bonds. The minimum absolute atomic E-state index is 1.35. The van der Waals surface area contributed by atoms with Crippen LogP contribution in [0.4, 0.5) is 0 Å². The highest BCUT2D eigenvalue weighted by molar-refractivity contribution is 5.15. The maximum atomic E-state index is 2.46. The molecule has 0 aromatic rings. The van der Waals surface area contributed by atoms with Crippen molar-refractivity contribution in [1.29, 1.82) is 0 Å². The smallest absolute Gasteiger partial charge is 0.0283 e. The molecule has 0 aliphatic heterocycles. The second kappa shape index (κ2) is 6.28. The van der Waals surface area contributed by atoms with Gasteiger partial charge in [-0.1, -0.05) is 50.7 Å². The van der Waals surface area contributed by atoms with Crippen molar-refractivity contribution in [1.82, 2.24) is 0 Å². The highest BCUT2D eigenvalue weighted by atomic mass is 14.1. The summed E-state index contributed by atoms with van der Waals surface area (Å²) >= 11 is 0. The van der Waals surface area contributed by atoms with Gasteiger partial charge in [-0.05, 0) is 25.7 Å². The van der Waals surface area contributed by atoms with Crippen LogP contribution in [0.15, 0.2) is 11.6 Å². The van der Waals surface area contributed by atoms with Gasteiger partial charge >= 0.3 is 0 Å². The Labute approximate surface area is 77.1 Å². The van der Waals surface area contributed by atoms with Crippen molar-refractivity contribution in [3.8, 4) is 0 Å². The average molecular weight is 166 g/mol. The second-order valence-electron chi connectivity index (χ2n) is 3.92. The molecule has 0 saturated heterocycles.